The second kappa shape index (κ2) is 16.6. The molecule has 2 aromatic carbocycles. The molecule has 0 amide bonds. The zero-order valence-electron chi connectivity index (χ0n) is 20.2. The molecule has 0 saturated heterocycles. The number of hydrogen-bond acceptors (Lipinski definition) is 4. The standard InChI is InChI=1S/C26H38O5S.Na/c1-2-3-4-5-6-7-8-9-10-11-12-13-16-22-19-20-26(32(28,29)30)25(21-22)31-24-18-15-14-17-23(24)27;/h14-15,17-21,27H,2-13,16H2,1H3,(H,28,29,30);/q;+1/p-1. The number of hydrogen-bond donors (Lipinski definition) is 1. The van der Waals surface area contributed by atoms with E-state index in [4.69, 9.17) is 4.74 Å². The van der Waals surface area contributed by atoms with Crippen molar-refractivity contribution in [2.45, 2.75) is 95.3 Å². The van der Waals surface area contributed by atoms with Gasteiger partial charge in [0.05, 0.1) is 0 Å². The fraction of sp³-hybridized carbons (Fsp3) is 0.538. The topological polar surface area (TPSA) is 86.7 Å². The van der Waals surface area contributed by atoms with Crippen molar-refractivity contribution in [1.29, 1.82) is 0 Å². The van der Waals surface area contributed by atoms with E-state index in [-0.39, 0.29) is 51.7 Å². The van der Waals surface area contributed by atoms with E-state index in [1.807, 2.05) is 0 Å². The second-order valence-electron chi connectivity index (χ2n) is 8.44. The molecule has 0 saturated carbocycles. The van der Waals surface area contributed by atoms with Gasteiger partial charge in [-0.1, -0.05) is 108 Å². The minimum Gasteiger partial charge on any atom is -0.870 e. The van der Waals surface area contributed by atoms with E-state index in [1.165, 1.54) is 82.4 Å². The average molecular weight is 485 g/mol. The van der Waals surface area contributed by atoms with Gasteiger partial charge in [0.2, 0.25) is 0 Å². The Morgan fingerprint density at radius 2 is 1.33 bits per heavy atom. The molecule has 5 nitrogen and oxygen atoms in total. The van der Waals surface area contributed by atoms with Gasteiger partial charge in [0.25, 0.3) is 10.1 Å². The maximum absolute atomic E-state index is 11.9. The Morgan fingerprint density at radius 3 is 1.88 bits per heavy atom. The monoisotopic (exact) mass is 484 g/mol. The number of unbranched alkanes of at least 4 members (excludes halogenated alkanes) is 11. The molecule has 2 aromatic rings. The summed E-state index contributed by atoms with van der Waals surface area (Å²) in [6.45, 7) is 2.25. The van der Waals surface area contributed by atoms with Gasteiger partial charge < -0.3 is 9.84 Å². The summed E-state index contributed by atoms with van der Waals surface area (Å²) in [5.74, 6) is -0.340. The minimum atomic E-state index is -4.46. The molecule has 7 heteroatoms. The van der Waals surface area contributed by atoms with E-state index < -0.39 is 10.1 Å². The molecule has 0 aliphatic rings. The molecule has 0 radical (unpaired) electrons. The summed E-state index contributed by atoms with van der Waals surface area (Å²) in [6, 6.07) is 10.7. The molecular weight excluding hydrogens is 447 g/mol. The molecule has 33 heavy (non-hydrogen) atoms. The number of aryl methyl sites for hydroxylation is 1. The van der Waals surface area contributed by atoms with Gasteiger partial charge in [-0.3, -0.25) is 4.55 Å². The van der Waals surface area contributed by atoms with Gasteiger partial charge in [-0.2, -0.15) is 8.42 Å². The summed E-state index contributed by atoms with van der Waals surface area (Å²) in [7, 11) is -4.46. The Bertz CT molecular complexity index is 915. The van der Waals surface area contributed by atoms with Crippen LogP contribution in [0, 0.1) is 0 Å². The Hall–Kier alpha value is -1.05. The summed E-state index contributed by atoms with van der Waals surface area (Å²) in [6.07, 6.45) is 16.1. The first-order chi connectivity index (χ1) is 15.4. The smallest absolute Gasteiger partial charge is 0.870 e. The molecule has 0 fully saturated rings. The molecular formula is C26H37NaO5S. The summed E-state index contributed by atoms with van der Waals surface area (Å²) in [5.41, 5.74) is 0.919. The first kappa shape index (κ1) is 30.0. The van der Waals surface area contributed by atoms with Gasteiger partial charge in [0, 0.05) is 0 Å². The zero-order valence-corrected chi connectivity index (χ0v) is 23.0. The van der Waals surface area contributed by atoms with E-state index in [9.17, 15) is 18.1 Å². The van der Waals surface area contributed by atoms with Crippen molar-refractivity contribution >= 4 is 10.1 Å². The van der Waals surface area contributed by atoms with Crippen molar-refractivity contribution in [3.8, 4) is 17.2 Å². The molecule has 0 aromatic heterocycles. The third kappa shape index (κ3) is 11.8. The Morgan fingerprint density at radius 1 is 0.788 bits per heavy atom. The fourth-order valence-electron chi connectivity index (χ4n) is 3.82. The maximum Gasteiger partial charge on any atom is 1.00 e. The third-order valence-electron chi connectivity index (χ3n) is 5.67. The largest absolute Gasteiger partial charge is 1.00 e. The first-order valence-electron chi connectivity index (χ1n) is 12.0. The van der Waals surface area contributed by atoms with Crippen molar-refractivity contribution in [3.05, 3.63) is 48.0 Å². The normalized spacial score (nSPS) is 11.2. The minimum absolute atomic E-state index is 0. The van der Waals surface area contributed by atoms with Crippen molar-refractivity contribution in [2.24, 2.45) is 0 Å². The molecule has 0 spiro atoms. The van der Waals surface area contributed by atoms with Crippen molar-refractivity contribution < 1.29 is 52.4 Å². The van der Waals surface area contributed by atoms with Crippen LogP contribution in [0.3, 0.4) is 0 Å². The van der Waals surface area contributed by atoms with Crippen LogP contribution in [0.2, 0.25) is 0 Å². The summed E-state index contributed by atoms with van der Waals surface area (Å²) >= 11 is 0. The predicted octanol–water partition coefficient (Wildman–Crippen LogP) is 4.05. The number of benzene rings is 2. The van der Waals surface area contributed by atoms with Crippen molar-refractivity contribution in [3.63, 3.8) is 0 Å². The number of ether oxygens (including phenoxy) is 1. The Kier molecular flexibility index (Phi) is 15.0. The Labute approximate surface area is 222 Å². The van der Waals surface area contributed by atoms with Gasteiger partial charge in [0.15, 0.2) is 0 Å². The van der Waals surface area contributed by atoms with E-state index in [0.717, 1.165) is 24.8 Å². The molecule has 0 aliphatic heterocycles. The fourth-order valence-corrected chi connectivity index (χ4v) is 4.42. The second-order valence-corrected chi connectivity index (χ2v) is 9.83. The third-order valence-corrected chi connectivity index (χ3v) is 6.57. The van der Waals surface area contributed by atoms with Crippen molar-refractivity contribution in [2.75, 3.05) is 0 Å². The quantitative estimate of drug-likeness (QED) is 0.221. The molecule has 2 rings (SSSR count). The number of para-hydroxylation sites is 2. The summed E-state index contributed by atoms with van der Waals surface area (Å²) in [5, 5.41) is 11.9. The van der Waals surface area contributed by atoms with Crippen LogP contribution in [-0.4, -0.2) is 13.0 Å². The molecule has 0 bridgehead atoms. The van der Waals surface area contributed by atoms with Crippen LogP contribution in [0.15, 0.2) is 47.4 Å². The summed E-state index contributed by atoms with van der Waals surface area (Å²) < 4.78 is 38.5. The first-order valence-corrected chi connectivity index (χ1v) is 13.4. The van der Waals surface area contributed by atoms with Gasteiger partial charge in [-0.15, -0.1) is 0 Å². The van der Waals surface area contributed by atoms with E-state index in [2.05, 4.69) is 6.92 Å². The van der Waals surface area contributed by atoms with Crippen LogP contribution in [0.1, 0.15) is 89.5 Å². The molecule has 0 atom stereocenters. The van der Waals surface area contributed by atoms with Crippen LogP contribution >= 0.6 is 0 Å². The van der Waals surface area contributed by atoms with Gasteiger partial charge in [-0.25, -0.2) is 0 Å². The summed E-state index contributed by atoms with van der Waals surface area (Å²) in [4.78, 5) is -0.334. The number of rotatable bonds is 16. The molecule has 0 aliphatic carbocycles. The Balaban J connectivity index is 0.00000544. The van der Waals surface area contributed by atoms with Crippen LogP contribution in [0.4, 0.5) is 0 Å². The predicted molar refractivity (Wildman–Crippen MR) is 127 cm³/mol. The van der Waals surface area contributed by atoms with Gasteiger partial charge in [0.1, 0.15) is 16.4 Å². The molecule has 0 unspecified atom stereocenters. The SMILES string of the molecule is CCCCCCCCCCCCCCc1ccc(S(=O)(=O)O)c(Oc2ccccc2[O-])c1.[Na+]. The molecule has 0 heterocycles. The van der Waals surface area contributed by atoms with Gasteiger partial charge >= 0.3 is 29.6 Å². The van der Waals surface area contributed by atoms with E-state index in [1.54, 1.807) is 24.3 Å². The van der Waals surface area contributed by atoms with Crippen LogP contribution in [0.5, 0.6) is 17.2 Å². The maximum atomic E-state index is 11.9. The zero-order chi connectivity index (χ0) is 23.2. The van der Waals surface area contributed by atoms with Crippen LogP contribution in [0.25, 0.3) is 0 Å². The molecule has 1 N–H and O–H groups in total. The van der Waals surface area contributed by atoms with E-state index in [0.29, 0.717) is 0 Å². The van der Waals surface area contributed by atoms with Crippen LogP contribution < -0.4 is 39.4 Å². The van der Waals surface area contributed by atoms with Crippen molar-refractivity contribution in [1.82, 2.24) is 0 Å². The average Bonchev–Trinajstić information content (AvgIpc) is 2.75. The van der Waals surface area contributed by atoms with Gasteiger partial charge in [-0.05, 0) is 36.6 Å². The van der Waals surface area contributed by atoms with E-state index >= 15 is 0 Å². The molecule has 178 valence electrons. The van der Waals surface area contributed by atoms with Crippen LogP contribution in [-0.2, 0) is 16.5 Å².